The van der Waals surface area contributed by atoms with Crippen LogP contribution in [0, 0.1) is 0 Å². The van der Waals surface area contributed by atoms with E-state index in [0.717, 1.165) is 56.4 Å². The van der Waals surface area contributed by atoms with Gasteiger partial charge in [0.05, 0.1) is 24.0 Å². The summed E-state index contributed by atoms with van der Waals surface area (Å²) in [7, 11) is 0. The summed E-state index contributed by atoms with van der Waals surface area (Å²) in [6, 6.07) is 12.0. The van der Waals surface area contributed by atoms with Crippen LogP contribution < -0.4 is 4.90 Å². The van der Waals surface area contributed by atoms with Crippen molar-refractivity contribution in [3.63, 3.8) is 0 Å². The average molecular weight is 538 g/mol. The molecule has 1 atom stereocenters. The number of carboxylic acid groups (broad SMARTS) is 1. The molecule has 1 aromatic heterocycles. The van der Waals surface area contributed by atoms with E-state index in [1.807, 2.05) is 12.1 Å². The molecule has 7 heteroatoms. The maximum absolute atomic E-state index is 11.9. The fourth-order valence-electron chi connectivity index (χ4n) is 6.73. The molecule has 0 bridgehead atoms. The standard InChI is InChI=1S/C30H36ClN3O3.CH4/c1-20-19-32(15-16-37-20)11-12-33-13-14-34-27-17-22(30(35)36)7-9-24(27)28(21-5-3-2-4-6-21)29(34)25-10-8-23(31)18-26(25)33;/h7-10,17-18,20-21H,2-6,11-16,19H2,1H3,(H,35,36);1H4. The highest BCUT2D eigenvalue weighted by molar-refractivity contribution is 6.31. The van der Waals surface area contributed by atoms with E-state index in [1.54, 1.807) is 6.07 Å². The average Bonchev–Trinajstić information content (AvgIpc) is 3.13. The quantitative estimate of drug-likeness (QED) is 0.384. The molecule has 1 saturated carbocycles. The van der Waals surface area contributed by atoms with Gasteiger partial charge in [0.1, 0.15) is 0 Å². The van der Waals surface area contributed by atoms with E-state index in [4.69, 9.17) is 16.3 Å². The van der Waals surface area contributed by atoms with Crippen molar-refractivity contribution < 1.29 is 14.6 Å². The highest BCUT2D eigenvalue weighted by Crippen LogP contribution is 2.47. The van der Waals surface area contributed by atoms with E-state index in [2.05, 4.69) is 39.5 Å². The van der Waals surface area contributed by atoms with E-state index < -0.39 is 5.97 Å². The van der Waals surface area contributed by atoms with E-state index in [0.29, 0.717) is 11.5 Å². The first-order valence-corrected chi connectivity index (χ1v) is 14.2. The summed E-state index contributed by atoms with van der Waals surface area (Å²) in [5, 5.41) is 11.7. The number of nitrogens with zero attached hydrogens (tertiary/aromatic N) is 3. The number of aromatic carboxylic acids is 1. The largest absolute Gasteiger partial charge is 0.478 e. The minimum atomic E-state index is -0.876. The van der Waals surface area contributed by atoms with Gasteiger partial charge in [-0.1, -0.05) is 44.4 Å². The van der Waals surface area contributed by atoms with Gasteiger partial charge in [0.2, 0.25) is 0 Å². The lowest BCUT2D eigenvalue weighted by atomic mass is 9.81. The van der Waals surface area contributed by atoms with Gasteiger partial charge < -0.3 is 19.3 Å². The fraction of sp³-hybridized carbons (Fsp3) is 0.516. The Morgan fingerprint density at radius 1 is 1.05 bits per heavy atom. The second-order valence-electron chi connectivity index (χ2n) is 10.9. The maximum atomic E-state index is 11.9. The van der Waals surface area contributed by atoms with Crippen molar-refractivity contribution in [1.29, 1.82) is 0 Å². The van der Waals surface area contributed by atoms with E-state index >= 15 is 0 Å². The minimum Gasteiger partial charge on any atom is -0.478 e. The van der Waals surface area contributed by atoms with Gasteiger partial charge >= 0.3 is 5.97 Å². The lowest BCUT2D eigenvalue weighted by Gasteiger charge is -2.33. The normalized spacial score (nSPS) is 20.5. The number of aromatic nitrogens is 1. The topological polar surface area (TPSA) is 57.9 Å². The van der Waals surface area contributed by atoms with Crippen LogP contribution in [0.4, 0.5) is 5.69 Å². The van der Waals surface area contributed by atoms with Crippen molar-refractivity contribution in [3.8, 4) is 11.3 Å². The molecule has 2 fully saturated rings. The Balaban J connectivity index is 0.00000294. The van der Waals surface area contributed by atoms with Crippen LogP contribution in [0.1, 0.15) is 68.3 Å². The molecule has 3 aliphatic rings. The highest BCUT2D eigenvalue weighted by Gasteiger charge is 2.31. The molecule has 1 aliphatic carbocycles. The summed E-state index contributed by atoms with van der Waals surface area (Å²) in [6.07, 6.45) is 6.45. The summed E-state index contributed by atoms with van der Waals surface area (Å²) in [5.41, 5.74) is 6.46. The Morgan fingerprint density at radius 3 is 2.63 bits per heavy atom. The number of ether oxygens (including phenoxy) is 1. The predicted molar refractivity (Wildman–Crippen MR) is 156 cm³/mol. The van der Waals surface area contributed by atoms with Gasteiger partial charge in [-0.25, -0.2) is 4.79 Å². The zero-order valence-electron chi connectivity index (χ0n) is 21.6. The Morgan fingerprint density at radius 2 is 1.87 bits per heavy atom. The molecular weight excluding hydrogens is 498 g/mol. The monoisotopic (exact) mass is 537 g/mol. The molecular formula is C31H40ClN3O3. The smallest absolute Gasteiger partial charge is 0.335 e. The summed E-state index contributed by atoms with van der Waals surface area (Å²) in [6.45, 7) is 8.43. The number of halogens is 1. The molecule has 6 rings (SSSR count). The van der Waals surface area contributed by atoms with Gasteiger partial charge in [-0.3, -0.25) is 4.90 Å². The van der Waals surface area contributed by atoms with Crippen LogP contribution in [0.2, 0.25) is 5.02 Å². The van der Waals surface area contributed by atoms with Crippen molar-refractivity contribution in [2.24, 2.45) is 0 Å². The number of anilines is 1. The number of hydrogen-bond donors (Lipinski definition) is 1. The molecule has 6 nitrogen and oxygen atoms in total. The van der Waals surface area contributed by atoms with Gasteiger partial charge in [-0.2, -0.15) is 0 Å². The third kappa shape index (κ3) is 5.06. The lowest BCUT2D eigenvalue weighted by molar-refractivity contribution is -0.0171. The first kappa shape index (κ1) is 27.0. The molecule has 0 amide bonds. The Hall–Kier alpha value is -2.54. The lowest BCUT2D eigenvalue weighted by Crippen LogP contribution is -2.45. The van der Waals surface area contributed by atoms with Gasteiger partial charge in [-0.05, 0) is 61.6 Å². The molecule has 2 aliphatic heterocycles. The molecule has 1 N–H and O–H groups in total. The van der Waals surface area contributed by atoms with Gasteiger partial charge in [0, 0.05) is 66.4 Å². The zero-order valence-corrected chi connectivity index (χ0v) is 22.3. The Kier molecular flexibility index (Phi) is 8.03. The molecule has 3 heterocycles. The Labute approximate surface area is 231 Å². The van der Waals surface area contributed by atoms with Crippen LogP contribution >= 0.6 is 11.6 Å². The third-order valence-corrected chi connectivity index (χ3v) is 8.76. The van der Waals surface area contributed by atoms with Crippen molar-refractivity contribution >= 4 is 34.2 Å². The van der Waals surface area contributed by atoms with Crippen molar-refractivity contribution in [2.45, 2.75) is 65.0 Å². The molecule has 1 saturated heterocycles. The number of hydrogen-bond acceptors (Lipinski definition) is 4. The SMILES string of the molecule is C.CC1CN(CCN2CCn3c(c(C4CCCCC4)c4ccc(C(=O)O)cc43)-c3ccc(Cl)cc32)CCO1. The van der Waals surface area contributed by atoms with Crippen LogP contribution in [-0.4, -0.2) is 66.0 Å². The number of carboxylic acids is 1. The Bertz CT molecular complexity index is 1310. The number of fused-ring (bicyclic) bond motifs is 5. The van der Waals surface area contributed by atoms with Crippen LogP contribution in [0.5, 0.6) is 0 Å². The number of benzene rings is 2. The predicted octanol–water partition coefficient (Wildman–Crippen LogP) is 6.88. The van der Waals surface area contributed by atoms with E-state index in [1.165, 1.54) is 60.0 Å². The third-order valence-electron chi connectivity index (χ3n) is 8.52. The van der Waals surface area contributed by atoms with Gasteiger partial charge in [0.25, 0.3) is 0 Å². The first-order chi connectivity index (χ1) is 18.0. The van der Waals surface area contributed by atoms with E-state index in [-0.39, 0.29) is 13.5 Å². The van der Waals surface area contributed by atoms with Crippen molar-refractivity contribution in [1.82, 2.24) is 9.47 Å². The molecule has 3 aromatic rings. The second-order valence-corrected chi connectivity index (χ2v) is 11.4. The summed E-state index contributed by atoms with van der Waals surface area (Å²) in [4.78, 5) is 16.9. The van der Waals surface area contributed by atoms with Crippen molar-refractivity contribution in [3.05, 3.63) is 52.5 Å². The van der Waals surface area contributed by atoms with Crippen LogP contribution in [0.15, 0.2) is 36.4 Å². The number of carbonyl (C=O) groups is 1. The highest BCUT2D eigenvalue weighted by atomic mass is 35.5. The van der Waals surface area contributed by atoms with Crippen LogP contribution in [0.3, 0.4) is 0 Å². The fourth-order valence-corrected chi connectivity index (χ4v) is 6.90. The molecule has 1 unspecified atom stereocenters. The molecule has 204 valence electrons. The zero-order chi connectivity index (χ0) is 25.5. The number of morpholine rings is 1. The molecule has 0 spiro atoms. The molecule has 38 heavy (non-hydrogen) atoms. The van der Waals surface area contributed by atoms with Gasteiger partial charge in [-0.15, -0.1) is 0 Å². The maximum Gasteiger partial charge on any atom is 0.335 e. The van der Waals surface area contributed by atoms with Crippen LogP contribution in [0.25, 0.3) is 22.2 Å². The molecule has 2 aromatic carbocycles. The van der Waals surface area contributed by atoms with Gasteiger partial charge in [0.15, 0.2) is 0 Å². The first-order valence-electron chi connectivity index (χ1n) is 13.8. The minimum absolute atomic E-state index is 0. The second kappa shape index (κ2) is 11.3. The summed E-state index contributed by atoms with van der Waals surface area (Å²) in [5.74, 6) is -0.382. The van der Waals surface area contributed by atoms with E-state index in [9.17, 15) is 9.90 Å². The molecule has 0 radical (unpaired) electrons. The van der Waals surface area contributed by atoms with Crippen LogP contribution in [-0.2, 0) is 11.3 Å². The summed E-state index contributed by atoms with van der Waals surface area (Å²) >= 11 is 6.59. The number of rotatable bonds is 5. The summed E-state index contributed by atoms with van der Waals surface area (Å²) < 4.78 is 8.14. The van der Waals surface area contributed by atoms with Crippen molar-refractivity contribution in [2.75, 3.05) is 44.2 Å².